The Hall–Kier alpha value is -2.08. The molecule has 1 aliphatic heterocycles. The Bertz CT molecular complexity index is 928. The van der Waals surface area contributed by atoms with Gasteiger partial charge in [0.05, 0.1) is 21.9 Å². The summed E-state index contributed by atoms with van der Waals surface area (Å²) < 4.78 is 40.1. The van der Waals surface area contributed by atoms with Crippen LogP contribution in [0.2, 0.25) is 5.02 Å². The molecule has 0 radical (unpaired) electrons. The van der Waals surface area contributed by atoms with Gasteiger partial charge in [0.1, 0.15) is 5.82 Å². The summed E-state index contributed by atoms with van der Waals surface area (Å²) in [6, 6.07) is 1.21. The number of pyridine rings is 1. The molecule has 2 fully saturated rings. The Morgan fingerprint density at radius 3 is 2.57 bits per heavy atom. The highest BCUT2D eigenvalue weighted by atomic mass is 35.5. The van der Waals surface area contributed by atoms with Crippen molar-refractivity contribution >= 4 is 35.1 Å². The third-order valence-corrected chi connectivity index (χ3v) is 6.34. The largest absolute Gasteiger partial charge is 0.417 e. The van der Waals surface area contributed by atoms with E-state index >= 15 is 0 Å². The Morgan fingerprint density at radius 2 is 1.97 bits per heavy atom. The minimum atomic E-state index is -4.49. The monoisotopic (exact) mass is 461 g/mol. The number of piperazine rings is 1. The van der Waals surface area contributed by atoms with E-state index in [2.05, 4.69) is 20.5 Å². The van der Waals surface area contributed by atoms with E-state index in [4.69, 9.17) is 11.6 Å². The Kier molecular flexibility index (Phi) is 5.80. The number of carbonyl (C=O) groups excluding carboxylic acids is 1. The first-order valence-electron chi connectivity index (χ1n) is 9.45. The summed E-state index contributed by atoms with van der Waals surface area (Å²) in [5.74, 6) is 0.263. The highest BCUT2D eigenvalue weighted by molar-refractivity contribution is 8.00. The number of tetrazole rings is 1. The zero-order chi connectivity index (χ0) is 21.5. The summed E-state index contributed by atoms with van der Waals surface area (Å²) >= 11 is 7.37. The second-order valence-electron chi connectivity index (χ2n) is 7.24. The average Bonchev–Trinajstić information content (AvgIpc) is 3.46. The summed E-state index contributed by atoms with van der Waals surface area (Å²) in [4.78, 5) is 20.2. The Balaban J connectivity index is 1.35. The third kappa shape index (κ3) is 4.48. The predicted molar refractivity (Wildman–Crippen MR) is 104 cm³/mol. The molecule has 0 spiro atoms. The van der Waals surface area contributed by atoms with Gasteiger partial charge in [-0.15, -0.1) is 5.10 Å². The van der Waals surface area contributed by atoms with Crippen LogP contribution < -0.4 is 4.90 Å². The maximum Gasteiger partial charge on any atom is 0.417 e. The SMILES string of the molecule is CC(Sc1nnnn1C1CC1)C(=O)N1CCN(c2ncc(C(F)(F)F)cc2Cl)CC1. The van der Waals surface area contributed by atoms with Crippen molar-refractivity contribution in [1.29, 1.82) is 0 Å². The summed E-state index contributed by atoms with van der Waals surface area (Å²) in [5.41, 5.74) is -0.885. The summed E-state index contributed by atoms with van der Waals surface area (Å²) in [6.07, 6.45) is -1.62. The van der Waals surface area contributed by atoms with Crippen molar-refractivity contribution in [3.05, 3.63) is 22.8 Å². The molecule has 1 saturated heterocycles. The fourth-order valence-electron chi connectivity index (χ4n) is 3.23. The van der Waals surface area contributed by atoms with Gasteiger partial charge in [-0.05, 0) is 36.3 Å². The van der Waals surface area contributed by atoms with Gasteiger partial charge in [-0.3, -0.25) is 4.79 Å². The van der Waals surface area contributed by atoms with Crippen molar-refractivity contribution < 1.29 is 18.0 Å². The molecule has 1 aliphatic carbocycles. The molecular formula is C17H19ClF3N7OS. The van der Waals surface area contributed by atoms with Crippen LogP contribution in [0.1, 0.15) is 31.4 Å². The van der Waals surface area contributed by atoms with Crippen LogP contribution in [0.3, 0.4) is 0 Å². The number of alkyl halides is 3. The lowest BCUT2D eigenvalue weighted by Crippen LogP contribution is -2.51. The molecule has 1 unspecified atom stereocenters. The van der Waals surface area contributed by atoms with Crippen LogP contribution in [0, 0.1) is 0 Å². The van der Waals surface area contributed by atoms with Crippen molar-refractivity contribution in [3.63, 3.8) is 0 Å². The van der Waals surface area contributed by atoms with Crippen LogP contribution in [-0.2, 0) is 11.0 Å². The van der Waals surface area contributed by atoms with Crippen molar-refractivity contribution in [3.8, 4) is 0 Å². The quantitative estimate of drug-likeness (QED) is 0.633. The number of aromatic nitrogens is 5. The molecule has 2 aromatic rings. The van der Waals surface area contributed by atoms with E-state index in [-0.39, 0.29) is 16.2 Å². The lowest BCUT2D eigenvalue weighted by atomic mass is 10.2. The lowest BCUT2D eigenvalue weighted by molar-refractivity contribution is -0.137. The molecule has 0 bridgehead atoms. The van der Waals surface area contributed by atoms with Crippen LogP contribution in [0.15, 0.2) is 17.4 Å². The molecule has 0 N–H and O–H groups in total. The van der Waals surface area contributed by atoms with E-state index in [0.717, 1.165) is 25.1 Å². The van der Waals surface area contributed by atoms with Crippen molar-refractivity contribution in [2.24, 2.45) is 0 Å². The second kappa shape index (κ2) is 8.22. The molecule has 30 heavy (non-hydrogen) atoms. The first-order valence-corrected chi connectivity index (χ1v) is 10.7. The summed E-state index contributed by atoms with van der Waals surface area (Å²) in [6.45, 7) is 3.54. The number of rotatable bonds is 5. The van der Waals surface area contributed by atoms with Gasteiger partial charge in [-0.25, -0.2) is 9.67 Å². The number of amides is 1. The number of nitrogens with zero attached hydrogens (tertiary/aromatic N) is 7. The highest BCUT2D eigenvalue weighted by Gasteiger charge is 2.34. The van der Waals surface area contributed by atoms with Crippen molar-refractivity contribution in [2.75, 3.05) is 31.1 Å². The van der Waals surface area contributed by atoms with Crippen LogP contribution in [-0.4, -0.2) is 67.4 Å². The third-order valence-electron chi connectivity index (χ3n) is 5.03. The molecule has 3 heterocycles. The van der Waals surface area contributed by atoms with Gasteiger partial charge in [-0.2, -0.15) is 13.2 Å². The number of thioether (sulfide) groups is 1. The molecule has 8 nitrogen and oxygen atoms in total. The molecule has 162 valence electrons. The minimum absolute atomic E-state index is 0.0310. The van der Waals surface area contributed by atoms with Gasteiger partial charge in [0, 0.05) is 32.4 Å². The van der Waals surface area contributed by atoms with Crippen LogP contribution in [0.25, 0.3) is 0 Å². The van der Waals surface area contributed by atoms with Gasteiger partial charge >= 0.3 is 6.18 Å². The normalized spacial score (nSPS) is 18.6. The number of halogens is 4. The molecule has 1 atom stereocenters. The molecule has 13 heteroatoms. The predicted octanol–water partition coefficient (Wildman–Crippen LogP) is 2.90. The minimum Gasteiger partial charge on any atom is -0.352 e. The molecule has 1 amide bonds. The number of carbonyl (C=O) groups is 1. The molecule has 0 aromatic carbocycles. The maximum atomic E-state index is 12.8. The fraction of sp³-hybridized carbons (Fsp3) is 0.588. The lowest BCUT2D eigenvalue weighted by Gasteiger charge is -2.36. The zero-order valence-electron chi connectivity index (χ0n) is 16.0. The van der Waals surface area contributed by atoms with Crippen molar-refractivity contribution in [1.82, 2.24) is 30.1 Å². The van der Waals surface area contributed by atoms with E-state index in [1.54, 1.807) is 14.5 Å². The van der Waals surface area contributed by atoms with E-state index in [0.29, 0.717) is 43.2 Å². The number of hydrogen-bond donors (Lipinski definition) is 0. The van der Waals surface area contributed by atoms with Gasteiger partial charge in [-0.1, -0.05) is 23.4 Å². The summed E-state index contributed by atoms with van der Waals surface area (Å²) in [5, 5.41) is 11.9. The number of anilines is 1. The van der Waals surface area contributed by atoms with Crippen LogP contribution in [0.5, 0.6) is 0 Å². The fourth-order valence-corrected chi connectivity index (χ4v) is 4.46. The topological polar surface area (TPSA) is 80.0 Å². The Morgan fingerprint density at radius 1 is 1.27 bits per heavy atom. The molecule has 1 saturated carbocycles. The molecule has 2 aromatic heterocycles. The van der Waals surface area contributed by atoms with E-state index < -0.39 is 11.7 Å². The van der Waals surface area contributed by atoms with E-state index in [1.165, 1.54) is 11.8 Å². The molecule has 4 rings (SSSR count). The first kappa shape index (κ1) is 21.2. The van der Waals surface area contributed by atoms with Gasteiger partial charge < -0.3 is 9.80 Å². The van der Waals surface area contributed by atoms with Gasteiger partial charge in [0.25, 0.3) is 0 Å². The average molecular weight is 462 g/mol. The van der Waals surface area contributed by atoms with Crippen LogP contribution in [0.4, 0.5) is 19.0 Å². The second-order valence-corrected chi connectivity index (χ2v) is 8.95. The molecule has 2 aliphatic rings. The highest BCUT2D eigenvalue weighted by Crippen LogP contribution is 2.37. The van der Waals surface area contributed by atoms with E-state index in [1.807, 2.05) is 6.92 Å². The number of hydrogen-bond acceptors (Lipinski definition) is 7. The standard InChI is InChI=1S/C17H19ClF3N7OS/c1-10(30-16-23-24-25-28(16)12-2-3-12)15(29)27-6-4-26(5-7-27)14-13(18)8-11(9-22-14)17(19,20)21/h8-10,12H,2-7H2,1H3. The van der Waals surface area contributed by atoms with Gasteiger partial charge in [0.2, 0.25) is 11.1 Å². The maximum absolute atomic E-state index is 12.8. The summed E-state index contributed by atoms with van der Waals surface area (Å²) in [7, 11) is 0. The zero-order valence-corrected chi connectivity index (χ0v) is 17.6. The smallest absolute Gasteiger partial charge is 0.352 e. The Labute approximate surface area is 179 Å². The van der Waals surface area contributed by atoms with Gasteiger partial charge in [0.15, 0.2) is 0 Å². The molecular weight excluding hydrogens is 443 g/mol. The van der Waals surface area contributed by atoms with E-state index in [9.17, 15) is 18.0 Å². The van der Waals surface area contributed by atoms with Crippen molar-refractivity contribution in [2.45, 2.75) is 42.4 Å². The first-order chi connectivity index (χ1) is 14.2. The van der Waals surface area contributed by atoms with Crippen LogP contribution >= 0.6 is 23.4 Å².